The van der Waals surface area contributed by atoms with Gasteiger partial charge in [-0.15, -0.1) is 0 Å². The van der Waals surface area contributed by atoms with E-state index in [1.807, 2.05) is 52.8 Å². The summed E-state index contributed by atoms with van der Waals surface area (Å²) in [6, 6.07) is 5.33. The first kappa shape index (κ1) is 31.9. The van der Waals surface area contributed by atoms with Crippen LogP contribution in [0.2, 0.25) is 0 Å². The Morgan fingerprint density at radius 2 is 1.79 bits per heavy atom. The summed E-state index contributed by atoms with van der Waals surface area (Å²) in [6.07, 6.45) is 1.16. The number of esters is 2. The van der Waals surface area contributed by atoms with Crippen LogP contribution in [0.5, 0.6) is 11.5 Å². The molecular weight excluding hydrogens is 486 g/mol. The van der Waals surface area contributed by atoms with Gasteiger partial charge >= 0.3 is 11.9 Å². The zero-order valence-corrected chi connectivity index (χ0v) is 24.7. The predicted molar refractivity (Wildman–Crippen MR) is 147 cm³/mol. The number of rotatable bonds is 14. The van der Waals surface area contributed by atoms with Crippen LogP contribution in [-0.4, -0.2) is 51.1 Å². The van der Waals surface area contributed by atoms with Gasteiger partial charge in [-0.1, -0.05) is 33.8 Å². The summed E-state index contributed by atoms with van der Waals surface area (Å²) >= 11 is 0. The molecule has 0 bridgehead atoms. The molecule has 0 aliphatic carbocycles. The highest BCUT2D eigenvalue weighted by atomic mass is 16.6. The van der Waals surface area contributed by atoms with E-state index in [0.29, 0.717) is 37.6 Å². The first-order valence-electron chi connectivity index (χ1n) is 13.8. The molecule has 2 rings (SSSR count). The molecule has 1 aliphatic heterocycles. The van der Waals surface area contributed by atoms with Crippen LogP contribution in [0.1, 0.15) is 79.3 Å². The highest BCUT2D eigenvalue weighted by Gasteiger charge is 2.45. The predicted octanol–water partition coefficient (Wildman–Crippen LogP) is 5.32. The van der Waals surface area contributed by atoms with Crippen molar-refractivity contribution in [2.75, 3.05) is 27.4 Å². The fourth-order valence-electron chi connectivity index (χ4n) is 4.97. The second kappa shape index (κ2) is 14.2. The van der Waals surface area contributed by atoms with E-state index in [1.165, 1.54) is 0 Å². The number of nitrogens with two attached hydrogens (primary N) is 1. The van der Waals surface area contributed by atoms with Crippen LogP contribution in [0.15, 0.2) is 18.2 Å². The van der Waals surface area contributed by atoms with Gasteiger partial charge in [0.2, 0.25) is 0 Å². The van der Waals surface area contributed by atoms with E-state index in [2.05, 4.69) is 13.8 Å². The molecule has 0 saturated carbocycles. The van der Waals surface area contributed by atoms with Gasteiger partial charge in [0.1, 0.15) is 11.7 Å². The molecule has 1 heterocycles. The maximum Gasteiger partial charge on any atom is 0.313 e. The van der Waals surface area contributed by atoms with Crippen molar-refractivity contribution in [1.29, 1.82) is 0 Å². The van der Waals surface area contributed by atoms with E-state index in [0.717, 1.165) is 12.0 Å². The van der Waals surface area contributed by atoms with Crippen molar-refractivity contribution in [3.63, 3.8) is 0 Å². The van der Waals surface area contributed by atoms with Gasteiger partial charge in [-0.25, -0.2) is 0 Å². The molecule has 0 aromatic heterocycles. The van der Waals surface area contributed by atoms with Crippen molar-refractivity contribution in [3.05, 3.63) is 23.8 Å². The van der Waals surface area contributed by atoms with Gasteiger partial charge in [0.15, 0.2) is 11.5 Å². The maximum atomic E-state index is 13.5. The number of hydrogen-bond donors (Lipinski definition) is 1. The van der Waals surface area contributed by atoms with E-state index in [-0.39, 0.29) is 41.7 Å². The Hall–Kier alpha value is -2.32. The van der Waals surface area contributed by atoms with Crippen molar-refractivity contribution in [1.82, 2.24) is 0 Å². The van der Waals surface area contributed by atoms with Crippen LogP contribution in [0, 0.1) is 29.6 Å². The third-order valence-electron chi connectivity index (χ3n) is 7.19. The minimum absolute atomic E-state index is 0.0842. The van der Waals surface area contributed by atoms with Gasteiger partial charge < -0.3 is 29.4 Å². The molecule has 2 N–H and O–H groups in total. The number of carbonyl (C=O) groups excluding carboxylic acids is 2. The third-order valence-corrected chi connectivity index (χ3v) is 7.19. The van der Waals surface area contributed by atoms with Crippen LogP contribution in [0.3, 0.4) is 0 Å². The zero-order valence-electron chi connectivity index (χ0n) is 24.7. The van der Waals surface area contributed by atoms with E-state index < -0.39 is 17.6 Å². The molecule has 1 fully saturated rings. The van der Waals surface area contributed by atoms with Gasteiger partial charge in [0, 0.05) is 26.2 Å². The first-order chi connectivity index (χ1) is 17.8. The van der Waals surface area contributed by atoms with E-state index in [9.17, 15) is 9.59 Å². The normalized spacial score (nSPS) is 20.3. The van der Waals surface area contributed by atoms with Gasteiger partial charge in [-0.3, -0.25) is 9.59 Å². The van der Waals surface area contributed by atoms with Crippen LogP contribution in [0.4, 0.5) is 0 Å². The Labute approximate surface area is 228 Å². The average Bonchev–Trinajstić information content (AvgIpc) is 3.21. The van der Waals surface area contributed by atoms with E-state index in [4.69, 9.17) is 29.4 Å². The Morgan fingerprint density at radius 3 is 2.32 bits per heavy atom. The molecule has 8 heteroatoms. The fraction of sp³-hybridized carbons (Fsp3) is 0.733. The van der Waals surface area contributed by atoms with Crippen molar-refractivity contribution >= 4 is 11.9 Å². The number of cyclic esters (lactones) is 1. The molecular formula is C30H49NO7. The molecule has 0 spiro atoms. The molecule has 0 amide bonds. The summed E-state index contributed by atoms with van der Waals surface area (Å²) in [5.74, 6) is 0.0235. The van der Waals surface area contributed by atoms with Crippen LogP contribution in [-0.2, 0) is 23.8 Å². The van der Waals surface area contributed by atoms with Crippen molar-refractivity contribution < 1.29 is 33.3 Å². The summed E-state index contributed by atoms with van der Waals surface area (Å²) in [6.45, 7) is 14.8. The second-order valence-electron chi connectivity index (χ2n) is 12.0. The maximum absolute atomic E-state index is 13.5. The van der Waals surface area contributed by atoms with Crippen LogP contribution < -0.4 is 15.2 Å². The summed E-state index contributed by atoms with van der Waals surface area (Å²) in [5.41, 5.74) is 7.11. The monoisotopic (exact) mass is 535 g/mol. The summed E-state index contributed by atoms with van der Waals surface area (Å²) in [4.78, 5) is 26.1. The highest BCUT2D eigenvalue weighted by Crippen LogP contribution is 2.40. The number of methoxy groups -OCH3 is 2. The minimum atomic E-state index is -0.657. The smallest absolute Gasteiger partial charge is 0.313 e. The topological polar surface area (TPSA) is 106 Å². The van der Waals surface area contributed by atoms with Crippen LogP contribution >= 0.6 is 0 Å². The van der Waals surface area contributed by atoms with E-state index in [1.54, 1.807) is 14.2 Å². The van der Waals surface area contributed by atoms with Crippen molar-refractivity contribution in [3.8, 4) is 11.5 Å². The molecule has 38 heavy (non-hydrogen) atoms. The van der Waals surface area contributed by atoms with Crippen LogP contribution in [0.25, 0.3) is 0 Å². The SMILES string of the molecule is COCCCOc1cc(C(N)C(CC(C(=O)OC(C)(C)C)C2CC(C(C)C)C(=O)O2)C(C)C)ccc1OC. The molecule has 1 aliphatic rings. The first-order valence-corrected chi connectivity index (χ1v) is 13.8. The van der Waals surface area contributed by atoms with Gasteiger partial charge in [0.05, 0.1) is 25.6 Å². The lowest BCUT2D eigenvalue weighted by Crippen LogP contribution is -2.39. The Bertz CT molecular complexity index is 908. The molecule has 1 aromatic carbocycles. The lowest BCUT2D eigenvalue weighted by Gasteiger charge is -2.33. The summed E-state index contributed by atoms with van der Waals surface area (Å²) in [7, 11) is 3.26. The lowest BCUT2D eigenvalue weighted by molar-refractivity contribution is -0.167. The third kappa shape index (κ3) is 8.87. The van der Waals surface area contributed by atoms with Crippen molar-refractivity contribution in [2.24, 2.45) is 35.3 Å². The Morgan fingerprint density at radius 1 is 1.11 bits per heavy atom. The molecule has 5 atom stereocenters. The highest BCUT2D eigenvalue weighted by molar-refractivity contribution is 5.78. The fourth-order valence-corrected chi connectivity index (χ4v) is 4.97. The summed E-state index contributed by atoms with van der Waals surface area (Å²) in [5, 5.41) is 0. The van der Waals surface area contributed by atoms with Gasteiger partial charge in [0.25, 0.3) is 0 Å². The number of benzene rings is 1. The largest absolute Gasteiger partial charge is 0.493 e. The van der Waals surface area contributed by atoms with Gasteiger partial charge in [-0.2, -0.15) is 0 Å². The summed E-state index contributed by atoms with van der Waals surface area (Å²) < 4.78 is 28.2. The number of carbonyl (C=O) groups is 2. The molecule has 8 nitrogen and oxygen atoms in total. The number of ether oxygens (including phenoxy) is 5. The quantitative estimate of drug-likeness (QED) is 0.252. The number of hydrogen-bond acceptors (Lipinski definition) is 8. The second-order valence-corrected chi connectivity index (χ2v) is 12.0. The molecule has 1 aromatic rings. The minimum Gasteiger partial charge on any atom is -0.493 e. The standard InChI is InChI=1S/C30H49NO7/c1-18(2)21(27(31)20-11-12-24(35-9)26(15-20)36-14-10-13-34-8)16-23(29(33)38-30(5,6)7)25-17-22(19(3)4)28(32)37-25/h11-12,15,18-19,21-23,25,27H,10,13-14,16-17,31H2,1-9H3. The van der Waals surface area contributed by atoms with Gasteiger partial charge in [-0.05, 0) is 69.1 Å². The Balaban J connectivity index is 2.34. The van der Waals surface area contributed by atoms with E-state index >= 15 is 0 Å². The lowest BCUT2D eigenvalue weighted by atomic mass is 9.76. The molecule has 0 radical (unpaired) electrons. The molecule has 1 saturated heterocycles. The average molecular weight is 536 g/mol. The zero-order chi connectivity index (χ0) is 28.6. The molecule has 5 unspecified atom stereocenters. The Kier molecular flexibility index (Phi) is 11.9. The van der Waals surface area contributed by atoms with Crippen molar-refractivity contribution in [2.45, 2.75) is 85.5 Å². The molecule has 216 valence electrons.